The van der Waals surface area contributed by atoms with Crippen LogP contribution in [0, 0.1) is 0 Å². The van der Waals surface area contributed by atoms with Crippen LogP contribution in [0.5, 0.6) is 0 Å². The molecule has 10 heteroatoms. The number of amides is 1. The molecule has 3 aromatic heterocycles. The molecule has 1 amide bonds. The second kappa shape index (κ2) is 11.2. The lowest BCUT2D eigenvalue weighted by Gasteiger charge is -2.12. The number of carbonyl (C=O) groups is 1. The number of aromatic nitrogens is 5. The van der Waals surface area contributed by atoms with Crippen LogP contribution < -0.4 is 5.32 Å². The molecular formula is C33H27F3N6O. The maximum Gasteiger partial charge on any atom is 0.433 e. The summed E-state index contributed by atoms with van der Waals surface area (Å²) >= 11 is 0. The molecule has 0 atom stereocenters. The van der Waals surface area contributed by atoms with Crippen LogP contribution in [0.2, 0.25) is 0 Å². The number of benzene rings is 3. The highest BCUT2D eigenvalue weighted by molar-refractivity contribution is 6.00. The molecular weight excluding hydrogens is 553 g/mol. The van der Waals surface area contributed by atoms with Crippen LogP contribution in [0.15, 0.2) is 103 Å². The Labute approximate surface area is 245 Å². The molecule has 0 saturated heterocycles. The maximum atomic E-state index is 14.1. The summed E-state index contributed by atoms with van der Waals surface area (Å²) in [6.45, 7) is 4.15. The molecule has 3 aromatic carbocycles. The average Bonchev–Trinajstić information content (AvgIpc) is 3.65. The van der Waals surface area contributed by atoms with E-state index < -0.39 is 17.8 Å². The number of carbonyl (C=O) groups excluding carboxylic acids is 1. The molecule has 0 aliphatic heterocycles. The van der Waals surface area contributed by atoms with Gasteiger partial charge in [0.2, 0.25) is 0 Å². The number of hydrogen-bond donors (Lipinski definition) is 1. The van der Waals surface area contributed by atoms with E-state index in [1.54, 1.807) is 16.8 Å². The van der Waals surface area contributed by atoms with Gasteiger partial charge >= 0.3 is 6.18 Å². The van der Waals surface area contributed by atoms with Crippen molar-refractivity contribution in [3.8, 4) is 28.2 Å². The first-order valence-corrected chi connectivity index (χ1v) is 13.7. The second-order valence-corrected chi connectivity index (χ2v) is 10.4. The minimum atomic E-state index is -4.72. The van der Waals surface area contributed by atoms with Crippen LogP contribution in [0.3, 0.4) is 0 Å². The Hall–Kier alpha value is -5.25. The third kappa shape index (κ3) is 5.63. The van der Waals surface area contributed by atoms with Crippen molar-refractivity contribution in [1.29, 1.82) is 0 Å². The van der Waals surface area contributed by atoms with E-state index in [0.717, 1.165) is 34.6 Å². The Bertz CT molecular complexity index is 1890. The molecule has 0 aliphatic carbocycles. The van der Waals surface area contributed by atoms with Crippen LogP contribution in [-0.4, -0.2) is 30.3 Å². The number of rotatable bonds is 7. The van der Waals surface area contributed by atoms with Crippen LogP contribution in [0.25, 0.3) is 33.8 Å². The average molecular weight is 581 g/mol. The molecule has 0 fully saturated rings. The van der Waals surface area contributed by atoms with Gasteiger partial charge in [0.25, 0.3) is 5.91 Å². The van der Waals surface area contributed by atoms with Crippen LogP contribution >= 0.6 is 0 Å². The summed E-state index contributed by atoms with van der Waals surface area (Å²) in [5, 5.41) is 11.5. The molecule has 0 radical (unpaired) electrons. The molecule has 0 bridgehead atoms. The molecule has 0 saturated carbocycles. The van der Waals surface area contributed by atoms with Gasteiger partial charge in [-0.25, -0.2) is 14.2 Å². The van der Waals surface area contributed by atoms with Gasteiger partial charge in [-0.3, -0.25) is 4.79 Å². The largest absolute Gasteiger partial charge is 0.433 e. The molecule has 216 valence electrons. The van der Waals surface area contributed by atoms with E-state index in [9.17, 15) is 18.0 Å². The molecule has 43 heavy (non-hydrogen) atoms. The van der Waals surface area contributed by atoms with Crippen molar-refractivity contribution < 1.29 is 18.0 Å². The van der Waals surface area contributed by atoms with Crippen molar-refractivity contribution in [1.82, 2.24) is 29.7 Å². The highest BCUT2D eigenvalue weighted by Crippen LogP contribution is 2.33. The molecule has 0 aliphatic rings. The van der Waals surface area contributed by atoms with Crippen molar-refractivity contribution >= 4 is 11.6 Å². The summed E-state index contributed by atoms with van der Waals surface area (Å²) in [6, 6.07) is 27.3. The van der Waals surface area contributed by atoms with Gasteiger partial charge in [-0.05, 0) is 29.7 Å². The monoisotopic (exact) mass is 580 g/mol. The first kappa shape index (κ1) is 27.9. The summed E-state index contributed by atoms with van der Waals surface area (Å²) < 4.78 is 44.7. The lowest BCUT2D eigenvalue weighted by molar-refractivity contribution is -0.142. The highest BCUT2D eigenvalue weighted by Gasteiger charge is 2.36. The minimum absolute atomic E-state index is 0.0668. The second-order valence-electron chi connectivity index (χ2n) is 10.4. The van der Waals surface area contributed by atoms with E-state index in [1.807, 2.05) is 92.8 Å². The number of fused-ring (bicyclic) bond motifs is 1. The van der Waals surface area contributed by atoms with Gasteiger partial charge in [-0.2, -0.15) is 23.4 Å². The van der Waals surface area contributed by atoms with Crippen molar-refractivity contribution in [3.05, 3.63) is 126 Å². The summed E-state index contributed by atoms with van der Waals surface area (Å²) in [4.78, 5) is 17.9. The smallest absolute Gasteiger partial charge is 0.348 e. The Morgan fingerprint density at radius 3 is 2.23 bits per heavy atom. The van der Waals surface area contributed by atoms with Crippen molar-refractivity contribution in [2.45, 2.75) is 32.5 Å². The first-order chi connectivity index (χ1) is 20.7. The zero-order valence-electron chi connectivity index (χ0n) is 23.4. The van der Waals surface area contributed by atoms with Crippen LogP contribution in [0.4, 0.5) is 13.2 Å². The van der Waals surface area contributed by atoms with Gasteiger partial charge in [-0.1, -0.05) is 86.6 Å². The zero-order chi connectivity index (χ0) is 30.1. The Morgan fingerprint density at radius 1 is 0.907 bits per heavy atom. The van der Waals surface area contributed by atoms with Crippen LogP contribution in [0.1, 0.15) is 46.9 Å². The van der Waals surface area contributed by atoms with Gasteiger partial charge in [0.15, 0.2) is 11.3 Å². The predicted molar refractivity (Wildman–Crippen MR) is 158 cm³/mol. The zero-order valence-corrected chi connectivity index (χ0v) is 23.4. The SMILES string of the molecule is CC(C)c1ccc(-c2cc(C(F)(F)F)n3ncc(C(=O)NCc4cn(-c5ccccc5)nc4-c4ccccc4)c3n2)cc1. The third-order valence-electron chi connectivity index (χ3n) is 7.18. The number of para-hydroxylation sites is 1. The molecule has 1 N–H and O–H groups in total. The van der Waals surface area contributed by atoms with Gasteiger partial charge in [0.05, 0.1) is 23.3 Å². The topological polar surface area (TPSA) is 77.1 Å². The Morgan fingerprint density at radius 2 is 1.58 bits per heavy atom. The molecule has 0 unspecified atom stereocenters. The lowest BCUT2D eigenvalue weighted by Crippen LogP contribution is -2.23. The molecule has 6 aromatic rings. The van der Waals surface area contributed by atoms with Crippen molar-refractivity contribution in [2.75, 3.05) is 0 Å². The minimum Gasteiger partial charge on any atom is -0.348 e. The molecule has 3 heterocycles. The van der Waals surface area contributed by atoms with Gasteiger partial charge < -0.3 is 5.32 Å². The van der Waals surface area contributed by atoms with Crippen molar-refractivity contribution in [2.24, 2.45) is 0 Å². The summed E-state index contributed by atoms with van der Waals surface area (Å²) in [7, 11) is 0. The summed E-state index contributed by atoms with van der Waals surface area (Å²) in [6.07, 6.45) is -1.78. The summed E-state index contributed by atoms with van der Waals surface area (Å²) in [5.74, 6) is -0.336. The normalized spacial score (nSPS) is 11.8. The Balaban J connectivity index is 1.35. The molecule has 0 spiro atoms. The first-order valence-electron chi connectivity index (χ1n) is 13.7. The van der Waals surface area contributed by atoms with E-state index in [-0.39, 0.29) is 29.4 Å². The van der Waals surface area contributed by atoms with E-state index in [1.165, 1.54) is 0 Å². The number of halogens is 3. The van der Waals surface area contributed by atoms with E-state index in [0.29, 0.717) is 15.8 Å². The van der Waals surface area contributed by atoms with Crippen molar-refractivity contribution in [3.63, 3.8) is 0 Å². The number of nitrogens with zero attached hydrogens (tertiary/aromatic N) is 5. The van der Waals surface area contributed by atoms with Crippen LogP contribution in [-0.2, 0) is 12.7 Å². The number of alkyl halides is 3. The van der Waals surface area contributed by atoms with E-state index in [4.69, 9.17) is 5.10 Å². The third-order valence-corrected chi connectivity index (χ3v) is 7.18. The fourth-order valence-electron chi connectivity index (χ4n) is 4.87. The van der Waals surface area contributed by atoms with E-state index in [2.05, 4.69) is 15.4 Å². The molecule has 6 rings (SSSR count). The quantitative estimate of drug-likeness (QED) is 0.215. The predicted octanol–water partition coefficient (Wildman–Crippen LogP) is 7.32. The number of nitrogens with one attached hydrogen (secondary N) is 1. The lowest BCUT2D eigenvalue weighted by atomic mass is 10.0. The number of hydrogen-bond acceptors (Lipinski definition) is 4. The molecule has 7 nitrogen and oxygen atoms in total. The maximum absolute atomic E-state index is 14.1. The standard InChI is InChI=1S/C33H27F3N6O/c1-21(2)22-13-15-23(16-14-22)28-17-29(33(34,35)36)42-31(39-28)27(19-38-42)32(43)37-18-25-20-41(26-11-7-4-8-12-26)40-30(25)24-9-5-3-6-10-24/h3-17,19-21H,18H2,1-2H3,(H,37,43). The fraction of sp³-hybridized carbons (Fsp3) is 0.152. The Kier molecular flexibility index (Phi) is 7.27. The summed E-state index contributed by atoms with van der Waals surface area (Å²) in [5.41, 5.74) is 3.50. The van der Waals surface area contributed by atoms with E-state index >= 15 is 0 Å². The van der Waals surface area contributed by atoms with Gasteiger partial charge in [0.1, 0.15) is 5.56 Å². The van der Waals surface area contributed by atoms with Gasteiger partial charge in [0, 0.05) is 29.4 Å². The fourth-order valence-corrected chi connectivity index (χ4v) is 4.87. The highest BCUT2D eigenvalue weighted by atomic mass is 19.4. The van der Waals surface area contributed by atoms with Gasteiger partial charge in [-0.15, -0.1) is 0 Å².